The lowest BCUT2D eigenvalue weighted by Crippen LogP contribution is -2.04. The van der Waals surface area contributed by atoms with Gasteiger partial charge in [0.1, 0.15) is 18.1 Å². The Morgan fingerprint density at radius 2 is 1.76 bits per heavy atom. The predicted octanol–water partition coefficient (Wildman–Crippen LogP) is 3.94. The average Bonchev–Trinajstić information content (AvgIpc) is 2.46. The van der Waals surface area contributed by atoms with Gasteiger partial charge in [0.15, 0.2) is 0 Å². The summed E-state index contributed by atoms with van der Waals surface area (Å²) in [6.45, 7) is 6.36. The number of ether oxygens (including phenoxy) is 2. The SMILES string of the molecule is COc1ccc(C(C)O)c(OCc2c(C)cccc2C)c1. The lowest BCUT2D eigenvalue weighted by molar-refractivity contribution is 0.189. The normalized spacial score (nSPS) is 12.0. The fourth-order valence-corrected chi connectivity index (χ4v) is 2.34. The molecule has 1 N–H and O–H groups in total. The molecule has 0 heterocycles. The van der Waals surface area contributed by atoms with E-state index in [0.29, 0.717) is 12.4 Å². The standard InChI is InChI=1S/C18H22O3/c1-12-6-5-7-13(2)17(12)11-21-18-10-15(20-4)8-9-16(18)14(3)19/h5-10,14,19H,11H2,1-4H3. The van der Waals surface area contributed by atoms with Gasteiger partial charge in [-0.05, 0) is 49.6 Å². The minimum atomic E-state index is -0.580. The number of benzene rings is 2. The van der Waals surface area contributed by atoms with Gasteiger partial charge in [0.2, 0.25) is 0 Å². The molecule has 0 aliphatic carbocycles. The van der Waals surface area contributed by atoms with Crippen LogP contribution in [0, 0.1) is 13.8 Å². The van der Waals surface area contributed by atoms with Gasteiger partial charge in [-0.3, -0.25) is 0 Å². The zero-order valence-corrected chi connectivity index (χ0v) is 13.0. The molecule has 0 radical (unpaired) electrons. The lowest BCUT2D eigenvalue weighted by atomic mass is 10.0. The molecule has 112 valence electrons. The van der Waals surface area contributed by atoms with Gasteiger partial charge in [-0.15, -0.1) is 0 Å². The van der Waals surface area contributed by atoms with Gasteiger partial charge in [0.25, 0.3) is 0 Å². The fourth-order valence-electron chi connectivity index (χ4n) is 2.34. The number of rotatable bonds is 5. The maximum absolute atomic E-state index is 9.85. The van der Waals surface area contributed by atoms with E-state index in [0.717, 1.165) is 11.3 Å². The van der Waals surface area contributed by atoms with Crippen molar-refractivity contribution in [3.8, 4) is 11.5 Å². The van der Waals surface area contributed by atoms with Crippen LogP contribution in [0.2, 0.25) is 0 Å². The largest absolute Gasteiger partial charge is 0.497 e. The number of aliphatic hydroxyl groups is 1. The highest BCUT2D eigenvalue weighted by molar-refractivity contribution is 5.42. The number of aryl methyl sites for hydroxylation is 2. The zero-order chi connectivity index (χ0) is 15.4. The average molecular weight is 286 g/mol. The van der Waals surface area contributed by atoms with E-state index in [1.165, 1.54) is 16.7 Å². The molecule has 0 amide bonds. The number of hydrogen-bond donors (Lipinski definition) is 1. The molecule has 2 aromatic rings. The van der Waals surface area contributed by atoms with Crippen LogP contribution < -0.4 is 9.47 Å². The molecule has 0 fully saturated rings. The zero-order valence-electron chi connectivity index (χ0n) is 13.0. The highest BCUT2D eigenvalue weighted by Crippen LogP contribution is 2.30. The van der Waals surface area contributed by atoms with Crippen molar-refractivity contribution in [3.63, 3.8) is 0 Å². The Balaban J connectivity index is 2.26. The summed E-state index contributed by atoms with van der Waals surface area (Å²) in [6.07, 6.45) is -0.580. The summed E-state index contributed by atoms with van der Waals surface area (Å²) in [4.78, 5) is 0. The van der Waals surface area contributed by atoms with Crippen molar-refractivity contribution >= 4 is 0 Å². The van der Waals surface area contributed by atoms with E-state index in [4.69, 9.17) is 9.47 Å². The molecule has 2 aromatic carbocycles. The molecule has 0 bridgehead atoms. The fraction of sp³-hybridized carbons (Fsp3) is 0.333. The van der Waals surface area contributed by atoms with Crippen molar-refractivity contribution in [1.29, 1.82) is 0 Å². The third kappa shape index (κ3) is 3.56. The van der Waals surface area contributed by atoms with E-state index >= 15 is 0 Å². The van der Waals surface area contributed by atoms with Gasteiger partial charge in [-0.2, -0.15) is 0 Å². The summed E-state index contributed by atoms with van der Waals surface area (Å²) in [5.41, 5.74) is 4.35. The van der Waals surface area contributed by atoms with Crippen LogP contribution in [0.15, 0.2) is 36.4 Å². The summed E-state index contributed by atoms with van der Waals surface area (Å²) >= 11 is 0. The summed E-state index contributed by atoms with van der Waals surface area (Å²) in [5, 5.41) is 9.85. The van der Waals surface area contributed by atoms with Gasteiger partial charge in [-0.25, -0.2) is 0 Å². The van der Waals surface area contributed by atoms with Crippen LogP contribution in [0.25, 0.3) is 0 Å². The van der Waals surface area contributed by atoms with Crippen LogP contribution in [0.4, 0.5) is 0 Å². The third-order valence-electron chi connectivity index (χ3n) is 3.69. The first-order valence-electron chi connectivity index (χ1n) is 7.07. The molecule has 0 spiro atoms. The molecule has 1 atom stereocenters. The Hall–Kier alpha value is -2.00. The summed E-state index contributed by atoms with van der Waals surface area (Å²) in [6, 6.07) is 11.7. The molecule has 3 nitrogen and oxygen atoms in total. The van der Waals surface area contributed by atoms with Gasteiger partial charge < -0.3 is 14.6 Å². The second-order valence-electron chi connectivity index (χ2n) is 5.24. The number of aliphatic hydroxyl groups excluding tert-OH is 1. The minimum Gasteiger partial charge on any atom is -0.497 e. The maximum Gasteiger partial charge on any atom is 0.129 e. The van der Waals surface area contributed by atoms with Crippen molar-refractivity contribution in [2.45, 2.75) is 33.5 Å². The van der Waals surface area contributed by atoms with E-state index in [2.05, 4.69) is 26.0 Å². The van der Waals surface area contributed by atoms with Crippen molar-refractivity contribution < 1.29 is 14.6 Å². The Morgan fingerprint density at radius 1 is 1.10 bits per heavy atom. The van der Waals surface area contributed by atoms with Crippen LogP contribution in [-0.4, -0.2) is 12.2 Å². The first kappa shape index (κ1) is 15.4. The van der Waals surface area contributed by atoms with Crippen molar-refractivity contribution in [2.24, 2.45) is 0 Å². The molecule has 0 aliphatic heterocycles. The summed E-state index contributed by atoms with van der Waals surface area (Å²) < 4.78 is 11.2. The number of methoxy groups -OCH3 is 1. The molecule has 0 aromatic heterocycles. The molecule has 0 saturated heterocycles. The Kier molecular flexibility index (Phi) is 4.86. The van der Waals surface area contributed by atoms with E-state index < -0.39 is 6.10 Å². The second kappa shape index (κ2) is 6.64. The molecular weight excluding hydrogens is 264 g/mol. The Labute approximate surface area is 126 Å². The summed E-state index contributed by atoms with van der Waals surface area (Å²) in [5.74, 6) is 1.38. The highest BCUT2D eigenvalue weighted by Gasteiger charge is 2.12. The molecular formula is C18H22O3. The highest BCUT2D eigenvalue weighted by atomic mass is 16.5. The van der Waals surface area contributed by atoms with Crippen LogP contribution in [0.1, 0.15) is 35.3 Å². The molecule has 0 aliphatic rings. The quantitative estimate of drug-likeness (QED) is 0.904. The first-order valence-corrected chi connectivity index (χ1v) is 7.07. The smallest absolute Gasteiger partial charge is 0.129 e. The number of hydrogen-bond acceptors (Lipinski definition) is 3. The minimum absolute atomic E-state index is 0.478. The van der Waals surface area contributed by atoms with Crippen LogP contribution in [0.5, 0.6) is 11.5 Å². The molecule has 3 heteroatoms. The van der Waals surface area contributed by atoms with Crippen LogP contribution >= 0.6 is 0 Å². The lowest BCUT2D eigenvalue weighted by Gasteiger charge is -2.16. The molecule has 21 heavy (non-hydrogen) atoms. The topological polar surface area (TPSA) is 38.7 Å². The van der Waals surface area contributed by atoms with E-state index in [9.17, 15) is 5.11 Å². The summed E-state index contributed by atoms with van der Waals surface area (Å²) in [7, 11) is 1.62. The van der Waals surface area contributed by atoms with Crippen molar-refractivity contribution in [3.05, 3.63) is 58.7 Å². The Morgan fingerprint density at radius 3 is 2.33 bits per heavy atom. The van der Waals surface area contributed by atoms with Gasteiger partial charge in [0, 0.05) is 11.6 Å². The third-order valence-corrected chi connectivity index (χ3v) is 3.69. The van der Waals surface area contributed by atoms with Crippen LogP contribution in [-0.2, 0) is 6.61 Å². The van der Waals surface area contributed by atoms with Crippen molar-refractivity contribution in [2.75, 3.05) is 7.11 Å². The van der Waals surface area contributed by atoms with E-state index in [-0.39, 0.29) is 0 Å². The molecule has 1 unspecified atom stereocenters. The van der Waals surface area contributed by atoms with Gasteiger partial charge >= 0.3 is 0 Å². The van der Waals surface area contributed by atoms with Gasteiger partial charge in [-0.1, -0.05) is 18.2 Å². The van der Waals surface area contributed by atoms with E-state index in [1.807, 2.05) is 24.3 Å². The maximum atomic E-state index is 9.85. The predicted molar refractivity (Wildman–Crippen MR) is 83.9 cm³/mol. The Bertz CT molecular complexity index is 598. The monoisotopic (exact) mass is 286 g/mol. The molecule has 0 saturated carbocycles. The van der Waals surface area contributed by atoms with Crippen molar-refractivity contribution in [1.82, 2.24) is 0 Å². The van der Waals surface area contributed by atoms with E-state index in [1.54, 1.807) is 14.0 Å². The van der Waals surface area contributed by atoms with Crippen LogP contribution in [0.3, 0.4) is 0 Å². The second-order valence-corrected chi connectivity index (χ2v) is 5.24. The van der Waals surface area contributed by atoms with Gasteiger partial charge in [0.05, 0.1) is 13.2 Å². The first-order chi connectivity index (χ1) is 10.0. The molecule has 2 rings (SSSR count).